The Labute approximate surface area is 128 Å². The number of rotatable bonds is 5. The molecule has 3 heterocycles. The molecule has 2 aromatic heterocycles. The molecule has 0 unspecified atom stereocenters. The van der Waals surface area contributed by atoms with Crippen LogP contribution >= 0.6 is 11.3 Å². The number of aryl methyl sites for hydroxylation is 1. The van der Waals surface area contributed by atoms with E-state index in [1.54, 1.807) is 11.8 Å². The second-order valence-corrected chi connectivity index (χ2v) is 6.11. The normalized spacial score (nSPS) is 17.0. The van der Waals surface area contributed by atoms with Crippen LogP contribution in [0.1, 0.15) is 40.0 Å². The maximum Gasteiger partial charge on any atom is 0.263 e. The molecule has 6 heteroatoms. The first-order chi connectivity index (χ1) is 10.3. The van der Waals surface area contributed by atoms with Crippen molar-refractivity contribution < 1.29 is 9.21 Å². The summed E-state index contributed by atoms with van der Waals surface area (Å²) in [5, 5.41) is 3.02. The van der Waals surface area contributed by atoms with Crippen LogP contribution in [0.15, 0.2) is 28.3 Å². The summed E-state index contributed by atoms with van der Waals surface area (Å²) in [5.74, 6) is 0.865. The molecule has 2 aromatic rings. The lowest BCUT2D eigenvalue weighted by molar-refractivity contribution is 0.0937. The Morgan fingerprint density at radius 2 is 2.33 bits per heavy atom. The van der Waals surface area contributed by atoms with E-state index in [0.717, 1.165) is 24.5 Å². The van der Waals surface area contributed by atoms with Crippen molar-refractivity contribution in [3.8, 4) is 0 Å². The van der Waals surface area contributed by atoms with E-state index in [0.29, 0.717) is 11.4 Å². The number of hydrogen-bond donors (Lipinski definition) is 1. The highest BCUT2D eigenvalue weighted by Crippen LogP contribution is 2.25. The maximum atomic E-state index is 12.2. The van der Waals surface area contributed by atoms with Crippen molar-refractivity contribution in [1.29, 1.82) is 0 Å². The van der Waals surface area contributed by atoms with Gasteiger partial charge in [0.25, 0.3) is 5.91 Å². The van der Waals surface area contributed by atoms with Crippen molar-refractivity contribution in [3.63, 3.8) is 0 Å². The van der Waals surface area contributed by atoms with Crippen LogP contribution in [0.25, 0.3) is 0 Å². The van der Waals surface area contributed by atoms with E-state index < -0.39 is 0 Å². The van der Waals surface area contributed by atoms with Crippen LogP contribution in [0.5, 0.6) is 0 Å². The number of nitrogens with zero attached hydrogens (tertiary/aromatic N) is 2. The lowest BCUT2D eigenvalue weighted by atomic mass is 10.2. The van der Waals surface area contributed by atoms with Gasteiger partial charge in [-0.15, -0.1) is 11.3 Å². The van der Waals surface area contributed by atoms with Crippen molar-refractivity contribution in [1.82, 2.24) is 15.2 Å². The lowest BCUT2D eigenvalue weighted by Crippen LogP contribution is -2.36. The first-order valence-corrected chi connectivity index (χ1v) is 8.09. The van der Waals surface area contributed by atoms with Crippen molar-refractivity contribution in [2.45, 2.75) is 25.8 Å². The highest BCUT2D eigenvalue weighted by molar-refractivity contribution is 7.11. The quantitative estimate of drug-likeness (QED) is 0.922. The van der Waals surface area contributed by atoms with Gasteiger partial charge in [0.15, 0.2) is 0 Å². The third kappa shape index (κ3) is 3.16. The van der Waals surface area contributed by atoms with Crippen molar-refractivity contribution in [2.24, 2.45) is 0 Å². The molecule has 1 aliphatic rings. The lowest BCUT2D eigenvalue weighted by Gasteiger charge is -2.25. The molecule has 0 radical (unpaired) electrons. The molecule has 1 fully saturated rings. The summed E-state index contributed by atoms with van der Waals surface area (Å²) < 4.78 is 5.55. The number of aromatic nitrogens is 1. The van der Waals surface area contributed by atoms with Gasteiger partial charge in [-0.2, -0.15) is 0 Å². The highest BCUT2D eigenvalue weighted by Gasteiger charge is 2.26. The molecule has 1 N–H and O–H groups in total. The molecular weight excluding hydrogens is 286 g/mol. The zero-order valence-corrected chi connectivity index (χ0v) is 12.9. The number of carbonyl (C=O) groups excluding carboxylic acids is 1. The molecule has 0 spiro atoms. The van der Waals surface area contributed by atoms with Crippen LogP contribution in [-0.2, 0) is 0 Å². The predicted octanol–water partition coefficient (Wildman–Crippen LogP) is 2.61. The van der Waals surface area contributed by atoms with E-state index in [9.17, 15) is 4.79 Å². The minimum atomic E-state index is -0.0502. The zero-order chi connectivity index (χ0) is 14.7. The fourth-order valence-corrected chi connectivity index (χ4v) is 3.45. The smallest absolute Gasteiger partial charge is 0.263 e. The summed E-state index contributed by atoms with van der Waals surface area (Å²) in [6, 6.07) is 3.99. The van der Waals surface area contributed by atoms with Gasteiger partial charge in [0.05, 0.1) is 23.5 Å². The van der Waals surface area contributed by atoms with Gasteiger partial charge in [0.2, 0.25) is 0 Å². The van der Waals surface area contributed by atoms with Crippen LogP contribution < -0.4 is 5.32 Å². The summed E-state index contributed by atoms with van der Waals surface area (Å²) in [5.41, 5.74) is 2.49. The number of thiazole rings is 1. The Bertz CT molecular complexity index is 588. The SMILES string of the molecule is Cc1ncsc1C(=O)NC[C@H](c1ccco1)N1CCCC1. The van der Waals surface area contributed by atoms with Crippen molar-refractivity contribution >= 4 is 17.2 Å². The Morgan fingerprint density at radius 1 is 1.52 bits per heavy atom. The van der Waals surface area contributed by atoms with Crippen LogP contribution in [-0.4, -0.2) is 35.4 Å². The van der Waals surface area contributed by atoms with Gasteiger partial charge in [-0.05, 0) is 45.0 Å². The predicted molar refractivity (Wildman–Crippen MR) is 81.4 cm³/mol. The molecule has 21 heavy (non-hydrogen) atoms. The number of nitrogens with one attached hydrogen (secondary N) is 1. The van der Waals surface area contributed by atoms with Crippen molar-refractivity contribution in [2.75, 3.05) is 19.6 Å². The Kier molecular flexibility index (Phi) is 4.36. The molecular formula is C15H19N3O2S. The number of amides is 1. The Balaban J connectivity index is 1.67. The molecule has 1 aliphatic heterocycles. The van der Waals surface area contributed by atoms with Gasteiger partial charge >= 0.3 is 0 Å². The molecule has 112 valence electrons. The molecule has 0 aliphatic carbocycles. The van der Waals surface area contributed by atoms with Gasteiger partial charge in [-0.1, -0.05) is 0 Å². The van der Waals surface area contributed by atoms with E-state index in [1.165, 1.54) is 24.2 Å². The highest BCUT2D eigenvalue weighted by atomic mass is 32.1. The summed E-state index contributed by atoms with van der Waals surface area (Å²) in [6.45, 7) is 4.53. The molecule has 0 bridgehead atoms. The molecule has 1 atom stereocenters. The number of hydrogen-bond acceptors (Lipinski definition) is 5. The van der Waals surface area contributed by atoms with Crippen LogP contribution in [0.2, 0.25) is 0 Å². The summed E-state index contributed by atoms with van der Waals surface area (Å²) >= 11 is 1.38. The van der Waals surface area contributed by atoms with Gasteiger partial charge in [0.1, 0.15) is 10.6 Å². The van der Waals surface area contributed by atoms with Crippen LogP contribution in [0.3, 0.4) is 0 Å². The average molecular weight is 305 g/mol. The average Bonchev–Trinajstić information content (AvgIpc) is 3.21. The number of carbonyl (C=O) groups is 1. The fraction of sp³-hybridized carbons (Fsp3) is 0.467. The van der Waals surface area contributed by atoms with E-state index in [2.05, 4.69) is 15.2 Å². The van der Waals surface area contributed by atoms with Gasteiger partial charge in [0, 0.05) is 6.54 Å². The van der Waals surface area contributed by atoms with E-state index >= 15 is 0 Å². The fourth-order valence-electron chi connectivity index (χ4n) is 2.73. The first-order valence-electron chi connectivity index (χ1n) is 7.21. The maximum absolute atomic E-state index is 12.2. The first kappa shape index (κ1) is 14.3. The molecule has 1 saturated heterocycles. The largest absolute Gasteiger partial charge is 0.468 e. The Morgan fingerprint density at radius 3 is 2.95 bits per heavy atom. The minimum absolute atomic E-state index is 0.0502. The van der Waals surface area contributed by atoms with E-state index in [4.69, 9.17) is 4.42 Å². The minimum Gasteiger partial charge on any atom is -0.468 e. The summed E-state index contributed by atoms with van der Waals surface area (Å²) in [4.78, 5) is 19.4. The number of likely N-dealkylation sites (tertiary alicyclic amines) is 1. The molecule has 1 amide bonds. The zero-order valence-electron chi connectivity index (χ0n) is 12.0. The van der Waals surface area contributed by atoms with Crippen molar-refractivity contribution in [3.05, 3.63) is 40.2 Å². The van der Waals surface area contributed by atoms with E-state index in [1.807, 2.05) is 19.1 Å². The summed E-state index contributed by atoms with van der Waals surface area (Å²) in [6.07, 6.45) is 4.10. The second kappa shape index (κ2) is 6.41. The molecule has 0 aromatic carbocycles. The van der Waals surface area contributed by atoms with E-state index in [-0.39, 0.29) is 11.9 Å². The van der Waals surface area contributed by atoms with Crippen LogP contribution in [0.4, 0.5) is 0 Å². The molecule has 3 rings (SSSR count). The Hall–Kier alpha value is -1.66. The molecule has 0 saturated carbocycles. The molecule has 5 nitrogen and oxygen atoms in total. The van der Waals surface area contributed by atoms with Crippen LogP contribution in [0, 0.1) is 6.92 Å². The second-order valence-electron chi connectivity index (χ2n) is 5.25. The van der Waals surface area contributed by atoms with Gasteiger partial charge in [-0.25, -0.2) is 4.98 Å². The monoisotopic (exact) mass is 305 g/mol. The third-order valence-corrected chi connectivity index (χ3v) is 4.79. The van der Waals surface area contributed by atoms with Gasteiger partial charge < -0.3 is 9.73 Å². The number of furan rings is 1. The standard InChI is InChI=1S/C15H19N3O2S/c1-11-14(21-10-17-11)15(19)16-9-12(13-5-4-8-20-13)18-6-2-3-7-18/h4-5,8,10,12H,2-3,6-7,9H2,1H3,(H,16,19)/t12-/m1/s1. The third-order valence-electron chi connectivity index (χ3n) is 3.86. The van der Waals surface area contributed by atoms with Gasteiger partial charge in [-0.3, -0.25) is 9.69 Å². The topological polar surface area (TPSA) is 58.4 Å². The summed E-state index contributed by atoms with van der Waals surface area (Å²) in [7, 11) is 0.